The smallest absolute Gasteiger partial charge is 0.305 e. The van der Waals surface area contributed by atoms with E-state index in [0.29, 0.717) is 71.8 Å². The van der Waals surface area contributed by atoms with Gasteiger partial charge in [-0.2, -0.15) is 0 Å². The number of benzene rings is 2. The van der Waals surface area contributed by atoms with Crippen LogP contribution in [-0.4, -0.2) is 37.0 Å². The maximum Gasteiger partial charge on any atom is 0.305 e. The predicted octanol–water partition coefficient (Wildman–Crippen LogP) is 6.86. The number of carbonyl (C=O) groups is 1. The Kier molecular flexibility index (Phi) is 8.76. The molecule has 4 rings (SSSR count). The van der Waals surface area contributed by atoms with Crippen LogP contribution in [0.3, 0.4) is 0 Å². The van der Waals surface area contributed by atoms with E-state index in [1.807, 2.05) is 39.8 Å². The number of aromatic hydroxyl groups is 1. The lowest BCUT2D eigenvalue weighted by atomic mass is 9.97. The van der Waals surface area contributed by atoms with Crippen molar-refractivity contribution < 1.29 is 33.3 Å². The second-order valence-corrected chi connectivity index (χ2v) is 10.7. The van der Waals surface area contributed by atoms with Crippen LogP contribution in [0, 0.1) is 0 Å². The van der Waals surface area contributed by atoms with E-state index in [1.54, 1.807) is 32.2 Å². The molecule has 0 spiro atoms. The standard InChI is InChI=1S/C32H38O8/c1-7-37-26(33)11-9-8-10-16-38-25-18-23-27(21(31(25)36-6)13-12-19(2)3)30(35)28-24(39-23)17-22-20(29(28)34)14-15-32(4,5)40-22/h12,14-15,17-18,34H,7-11,13,16H2,1-6H3. The molecule has 1 aromatic heterocycles. The first-order valence-corrected chi connectivity index (χ1v) is 13.7. The summed E-state index contributed by atoms with van der Waals surface area (Å²) in [6.07, 6.45) is 8.65. The maximum atomic E-state index is 14.0. The second kappa shape index (κ2) is 12.1. The number of fused-ring (bicyclic) bond motifs is 3. The van der Waals surface area contributed by atoms with Crippen LogP contribution >= 0.6 is 0 Å². The molecule has 1 aliphatic rings. The average Bonchev–Trinajstić information content (AvgIpc) is 2.88. The van der Waals surface area contributed by atoms with Crippen molar-refractivity contribution >= 4 is 34.0 Å². The molecule has 0 unspecified atom stereocenters. The van der Waals surface area contributed by atoms with E-state index in [9.17, 15) is 14.7 Å². The van der Waals surface area contributed by atoms with Gasteiger partial charge in [0.25, 0.3) is 0 Å². The number of esters is 1. The Morgan fingerprint density at radius 2 is 1.85 bits per heavy atom. The molecule has 0 saturated heterocycles. The largest absolute Gasteiger partial charge is 0.506 e. The van der Waals surface area contributed by atoms with E-state index in [1.165, 1.54) is 0 Å². The fourth-order valence-electron chi connectivity index (χ4n) is 4.82. The van der Waals surface area contributed by atoms with Crippen molar-refractivity contribution in [3.05, 3.63) is 51.2 Å². The number of methoxy groups -OCH3 is 1. The molecule has 2 heterocycles. The number of carbonyl (C=O) groups excluding carboxylic acids is 1. The number of hydrogen-bond donors (Lipinski definition) is 1. The van der Waals surface area contributed by atoms with Crippen molar-refractivity contribution in [2.24, 2.45) is 0 Å². The summed E-state index contributed by atoms with van der Waals surface area (Å²) in [6, 6.07) is 3.32. The highest BCUT2D eigenvalue weighted by Crippen LogP contribution is 2.43. The van der Waals surface area contributed by atoms with Crippen molar-refractivity contribution in [1.82, 2.24) is 0 Å². The van der Waals surface area contributed by atoms with E-state index in [-0.39, 0.29) is 28.1 Å². The fraction of sp³-hybridized carbons (Fsp3) is 0.438. The van der Waals surface area contributed by atoms with Crippen LogP contribution in [0.5, 0.6) is 23.0 Å². The SMILES string of the molecule is CCOC(=O)CCCCCOc1cc2oc3cc4c(c(O)c3c(=O)c2c(CC=C(C)C)c1OC)C=CC(C)(C)O4. The molecule has 214 valence electrons. The zero-order valence-electron chi connectivity index (χ0n) is 24.1. The van der Waals surface area contributed by atoms with Crippen molar-refractivity contribution in [3.8, 4) is 23.0 Å². The summed E-state index contributed by atoms with van der Waals surface area (Å²) in [5, 5.41) is 11.6. The van der Waals surface area contributed by atoms with Gasteiger partial charge >= 0.3 is 5.97 Å². The number of ether oxygens (including phenoxy) is 4. The minimum atomic E-state index is -0.563. The number of rotatable bonds is 11. The number of phenols is 1. The van der Waals surface area contributed by atoms with E-state index in [2.05, 4.69) is 0 Å². The molecule has 2 aromatic carbocycles. The van der Waals surface area contributed by atoms with E-state index in [0.717, 1.165) is 18.4 Å². The summed E-state index contributed by atoms with van der Waals surface area (Å²) >= 11 is 0. The summed E-state index contributed by atoms with van der Waals surface area (Å²) in [5.41, 5.74) is 1.79. The van der Waals surface area contributed by atoms with Gasteiger partial charge in [0, 0.05) is 24.1 Å². The molecule has 0 saturated carbocycles. The van der Waals surface area contributed by atoms with Crippen LogP contribution in [0.2, 0.25) is 0 Å². The number of allylic oxidation sites excluding steroid dienone is 2. The van der Waals surface area contributed by atoms with Crippen molar-refractivity contribution in [2.75, 3.05) is 20.3 Å². The summed E-state index contributed by atoms with van der Waals surface area (Å²) in [7, 11) is 1.54. The lowest BCUT2D eigenvalue weighted by molar-refractivity contribution is -0.143. The van der Waals surface area contributed by atoms with Crippen molar-refractivity contribution in [2.45, 2.75) is 72.3 Å². The van der Waals surface area contributed by atoms with Crippen LogP contribution in [-0.2, 0) is 16.0 Å². The van der Waals surface area contributed by atoms with Gasteiger partial charge in [0.05, 0.1) is 31.3 Å². The lowest BCUT2D eigenvalue weighted by Gasteiger charge is -2.28. The molecule has 8 heteroatoms. The summed E-state index contributed by atoms with van der Waals surface area (Å²) in [4.78, 5) is 25.5. The first kappa shape index (κ1) is 29.1. The first-order valence-electron chi connectivity index (χ1n) is 13.7. The molecule has 3 aromatic rings. The number of unbranched alkanes of at least 4 members (excludes halogenated alkanes) is 2. The highest BCUT2D eigenvalue weighted by molar-refractivity contribution is 5.99. The Morgan fingerprint density at radius 1 is 1.10 bits per heavy atom. The van der Waals surface area contributed by atoms with Crippen LogP contribution in [0.1, 0.15) is 71.4 Å². The molecular weight excluding hydrogens is 512 g/mol. The zero-order valence-corrected chi connectivity index (χ0v) is 24.1. The Hall–Kier alpha value is -3.94. The third-order valence-electron chi connectivity index (χ3n) is 6.78. The monoisotopic (exact) mass is 550 g/mol. The molecule has 0 fully saturated rings. The molecule has 8 nitrogen and oxygen atoms in total. The van der Waals surface area contributed by atoms with Crippen LogP contribution in [0.15, 0.2) is 39.1 Å². The number of hydrogen-bond acceptors (Lipinski definition) is 8. The van der Waals surface area contributed by atoms with Crippen LogP contribution in [0.4, 0.5) is 0 Å². The Morgan fingerprint density at radius 3 is 2.55 bits per heavy atom. The Balaban J connectivity index is 1.77. The molecule has 0 radical (unpaired) electrons. The summed E-state index contributed by atoms with van der Waals surface area (Å²) < 4.78 is 29.2. The fourth-order valence-corrected chi connectivity index (χ4v) is 4.82. The lowest BCUT2D eigenvalue weighted by Crippen LogP contribution is -2.27. The highest BCUT2D eigenvalue weighted by Gasteiger charge is 2.28. The zero-order chi connectivity index (χ0) is 29.0. The quantitative estimate of drug-likeness (QED) is 0.120. The van der Waals surface area contributed by atoms with Gasteiger partial charge in [-0.1, -0.05) is 11.6 Å². The van der Waals surface area contributed by atoms with Crippen LogP contribution in [0.25, 0.3) is 28.0 Å². The van der Waals surface area contributed by atoms with Crippen LogP contribution < -0.4 is 19.6 Å². The normalized spacial score (nSPS) is 13.6. The van der Waals surface area contributed by atoms with Crippen molar-refractivity contribution in [3.63, 3.8) is 0 Å². The van der Waals surface area contributed by atoms with Gasteiger partial charge in [-0.05, 0) is 72.5 Å². The van der Waals surface area contributed by atoms with E-state index in [4.69, 9.17) is 23.4 Å². The molecule has 1 aliphatic heterocycles. The summed E-state index contributed by atoms with van der Waals surface area (Å²) in [5.74, 6) is 0.985. The van der Waals surface area contributed by atoms with Gasteiger partial charge in [0.2, 0.25) is 5.43 Å². The van der Waals surface area contributed by atoms with Gasteiger partial charge in [-0.3, -0.25) is 9.59 Å². The third-order valence-corrected chi connectivity index (χ3v) is 6.78. The molecule has 0 aliphatic carbocycles. The van der Waals surface area contributed by atoms with E-state index >= 15 is 0 Å². The highest BCUT2D eigenvalue weighted by atomic mass is 16.5. The summed E-state index contributed by atoms with van der Waals surface area (Å²) in [6.45, 7) is 10.4. The molecule has 1 N–H and O–H groups in total. The molecular formula is C32H38O8. The van der Waals surface area contributed by atoms with Gasteiger partial charge in [-0.15, -0.1) is 0 Å². The van der Waals surface area contributed by atoms with Gasteiger partial charge in [0.15, 0.2) is 11.5 Å². The molecule has 0 atom stereocenters. The van der Waals surface area contributed by atoms with Gasteiger partial charge < -0.3 is 28.5 Å². The maximum absolute atomic E-state index is 14.0. The van der Waals surface area contributed by atoms with Gasteiger partial charge in [-0.25, -0.2) is 0 Å². The minimum absolute atomic E-state index is 0.0926. The molecule has 40 heavy (non-hydrogen) atoms. The Bertz CT molecular complexity index is 1540. The second-order valence-electron chi connectivity index (χ2n) is 10.7. The average molecular weight is 551 g/mol. The molecule has 0 bridgehead atoms. The Labute approximate surface area is 234 Å². The third kappa shape index (κ3) is 6.11. The minimum Gasteiger partial charge on any atom is -0.506 e. The van der Waals surface area contributed by atoms with Gasteiger partial charge in [0.1, 0.15) is 33.7 Å². The van der Waals surface area contributed by atoms with E-state index < -0.39 is 5.60 Å². The first-order chi connectivity index (χ1) is 19.1. The predicted molar refractivity (Wildman–Crippen MR) is 156 cm³/mol. The number of phenolic OH excluding ortho intramolecular Hbond substituents is 1. The molecule has 0 amide bonds. The van der Waals surface area contributed by atoms with Crippen molar-refractivity contribution in [1.29, 1.82) is 0 Å². The topological polar surface area (TPSA) is 104 Å².